The first-order valence-corrected chi connectivity index (χ1v) is 8.34. The average Bonchev–Trinajstić information content (AvgIpc) is 3.13. The summed E-state index contributed by atoms with van der Waals surface area (Å²) in [5.74, 6) is 5.34. The number of carbonyl (C=O) groups is 1. The lowest BCUT2D eigenvalue weighted by molar-refractivity contribution is -0.214. The largest absolute Gasteiger partial charge is 0.394 e. The van der Waals surface area contributed by atoms with Gasteiger partial charge in [0.1, 0.15) is 30.5 Å². The van der Waals surface area contributed by atoms with Crippen LogP contribution in [-0.2, 0) is 4.74 Å². The molecule has 0 bridgehead atoms. The van der Waals surface area contributed by atoms with Gasteiger partial charge in [-0.3, -0.25) is 9.89 Å². The number of aromatic amines is 1. The smallest absolute Gasteiger partial charge is 0.253 e. The normalized spacial score (nSPS) is 27.9. The Labute approximate surface area is 155 Å². The highest BCUT2D eigenvalue weighted by molar-refractivity contribution is 5.99. The highest BCUT2D eigenvalue weighted by Crippen LogP contribution is 2.22. The van der Waals surface area contributed by atoms with E-state index in [1.54, 1.807) is 32.4 Å². The molecule has 1 aliphatic heterocycles. The molecule has 1 aromatic heterocycles. The van der Waals surface area contributed by atoms with Crippen molar-refractivity contribution >= 4 is 16.8 Å². The predicted octanol–water partition coefficient (Wildman–Crippen LogP) is -1.54. The SMILES string of the molecule is CN(C)C(=O)c1cc(C#CC2OC(CO)[C@@H](O)C(O)C2O)c2[nH]ncc2c1. The van der Waals surface area contributed by atoms with Gasteiger partial charge in [0.15, 0.2) is 0 Å². The van der Waals surface area contributed by atoms with Gasteiger partial charge in [0, 0.05) is 25.0 Å². The number of hydrogen-bond acceptors (Lipinski definition) is 7. The van der Waals surface area contributed by atoms with Crippen molar-refractivity contribution in [3.8, 4) is 11.8 Å². The van der Waals surface area contributed by atoms with Crippen LogP contribution in [0.5, 0.6) is 0 Å². The quantitative estimate of drug-likeness (QED) is 0.401. The van der Waals surface area contributed by atoms with E-state index < -0.39 is 37.1 Å². The monoisotopic (exact) mass is 375 g/mol. The number of aromatic nitrogens is 2. The van der Waals surface area contributed by atoms with Crippen LogP contribution in [0.1, 0.15) is 15.9 Å². The van der Waals surface area contributed by atoms with Crippen molar-refractivity contribution in [2.75, 3.05) is 20.7 Å². The second-order valence-electron chi connectivity index (χ2n) is 6.58. The lowest BCUT2D eigenvalue weighted by Gasteiger charge is -2.37. The summed E-state index contributed by atoms with van der Waals surface area (Å²) in [5.41, 5.74) is 1.50. The van der Waals surface area contributed by atoms with Crippen LogP contribution in [0.3, 0.4) is 0 Å². The van der Waals surface area contributed by atoms with Crippen LogP contribution in [0.15, 0.2) is 18.3 Å². The Morgan fingerprint density at radius 2 is 2.00 bits per heavy atom. The van der Waals surface area contributed by atoms with E-state index in [0.29, 0.717) is 22.0 Å². The fraction of sp³-hybridized carbons (Fsp3) is 0.444. The number of aliphatic hydroxyl groups is 4. The van der Waals surface area contributed by atoms with Gasteiger partial charge in [-0.1, -0.05) is 11.8 Å². The molecule has 0 saturated carbocycles. The van der Waals surface area contributed by atoms with E-state index >= 15 is 0 Å². The van der Waals surface area contributed by atoms with Gasteiger partial charge in [-0.25, -0.2) is 0 Å². The summed E-state index contributed by atoms with van der Waals surface area (Å²) in [6.07, 6.45) is -4.96. The molecule has 27 heavy (non-hydrogen) atoms. The average molecular weight is 375 g/mol. The number of benzene rings is 1. The minimum atomic E-state index is -1.50. The zero-order valence-electron chi connectivity index (χ0n) is 14.8. The Kier molecular flexibility index (Phi) is 5.46. The molecule has 1 aromatic carbocycles. The summed E-state index contributed by atoms with van der Waals surface area (Å²) in [7, 11) is 3.28. The van der Waals surface area contributed by atoms with Gasteiger partial charge < -0.3 is 30.1 Å². The molecule has 0 aliphatic carbocycles. The lowest BCUT2D eigenvalue weighted by atomic mass is 9.95. The second kappa shape index (κ2) is 7.64. The summed E-state index contributed by atoms with van der Waals surface area (Å²) in [6.45, 7) is -0.527. The maximum absolute atomic E-state index is 12.3. The molecule has 1 saturated heterocycles. The molecule has 0 radical (unpaired) electrons. The van der Waals surface area contributed by atoms with E-state index in [9.17, 15) is 25.2 Å². The van der Waals surface area contributed by atoms with Gasteiger partial charge in [0.2, 0.25) is 0 Å². The lowest BCUT2D eigenvalue weighted by Crippen LogP contribution is -2.58. The molecule has 3 rings (SSSR count). The van der Waals surface area contributed by atoms with Crippen LogP contribution in [0, 0.1) is 11.8 Å². The van der Waals surface area contributed by atoms with Crippen molar-refractivity contribution in [1.82, 2.24) is 15.1 Å². The van der Waals surface area contributed by atoms with Crippen LogP contribution >= 0.6 is 0 Å². The molecule has 0 spiro atoms. The first-order chi connectivity index (χ1) is 12.8. The third kappa shape index (κ3) is 3.66. The highest BCUT2D eigenvalue weighted by Gasteiger charge is 2.42. The van der Waals surface area contributed by atoms with Crippen molar-refractivity contribution in [3.63, 3.8) is 0 Å². The van der Waals surface area contributed by atoms with Crippen molar-refractivity contribution in [2.24, 2.45) is 0 Å². The summed E-state index contributed by atoms with van der Waals surface area (Å²) in [5, 5.41) is 46.5. The van der Waals surface area contributed by atoms with Crippen molar-refractivity contribution in [1.29, 1.82) is 0 Å². The first-order valence-electron chi connectivity index (χ1n) is 8.34. The van der Waals surface area contributed by atoms with E-state index in [-0.39, 0.29) is 5.91 Å². The summed E-state index contributed by atoms with van der Waals surface area (Å²) in [6, 6.07) is 3.29. The van der Waals surface area contributed by atoms with Crippen LogP contribution < -0.4 is 0 Å². The number of amides is 1. The number of aliphatic hydroxyl groups excluding tert-OH is 4. The van der Waals surface area contributed by atoms with Crippen LogP contribution in [-0.4, -0.2) is 92.7 Å². The molecule has 4 unspecified atom stereocenters. The van der Waals surface area contributed by atoms with E-state index in [1.807, 2.05) is 0 Å². The summed E-state index contributed by atoms with van der Waals surface area (Å²) < 4.78 is 5.38. The van der Waals surface area contributed by atoms with Crippen LogP contribution in [0.25, 0.3) is 10.9 Å². The number of nitrogens with one attached hydrogen (secondary N) is 1. The number of rotatable bonds is 2. The van der Waals surface area contributed by atoms with E-state index in [0.717, 1.165) is 0 Å². The van der Waals surface area contributed by atoms with Gasteiger partial charge in [0.25, 0.3) is 5.91 Å². The number of carbonyl (C=O) groups excluding carboxylic acids is 1. The van der Waals surface area contributed by atoms with E-state index in [1.165, 1.54) is 4.90 Å². The molecule has 1 fully saturated rings. The van der Waals surface area contributed by atoms with Gasteiger partial charge in [-0.05, 0) is 12.1 Å². The summed E-state index contributed by atoms with van der Waals surface area (Å²) in [4.78, 5) is 13.7. The van der Waals surface area contributed by atoms with Gasteiger partial charge in [-0.2, -0.15) is 5.10 Å². The molecule has 144 valence electrons. The molecule has 5 atom stereocenters. The standard InChI is InChI=1S/C18H21N3O6/c1-21(2)18(26)10-5-9(14-11(6-10)7-19-20-14)3-4-12-15(23)17(25)16(24)13(8-22)27-12/h5-7,12-13,15-17,22-25H,8H2,1-2H3,(H,19,20)/t12?,13?,15?,16-,17?/m1/s1. The molecular formula is C18H21N3O6. The topological polar surface area (TPSA) is 139 Å². The maximum Gasteiger partial charge on any atom is 0.253 e. The zero-order chi connectivity index (χ0) is 19.7. The number of hydrogen-bond donors (Lipinski definition) is 5. The van der Waals surface area contributed by atoms with E-state index in [4.69, 9.17) is 4.74 Å². The van der Waals surface area contributed by atoms with Gasteiger partial charge >= 0.3 is 0 Å². The van der Waals surface area contributed by atoms with Crippen LogP contribution in [0.2, 0.25) is 0 Å². The molecule has 1 aliphatic rings. The minimum absolute atomic E-state index is 0.200. The number of fused-ring (bicyclic) bond motifs is 1. The van der Waals surface area contributed by atoms with Crippen molar-refractivity contribution in [2.45, 2.75) is 30.5 Å². The molecule has 2 aromatic rings. The van der Waals surface area contributed by atoms with Gasteiger partial charge in [0.05, 0.1) is 23.9 Å². The Bertz CT molecular complexity index is 897. The van der Waals surface area contributed by atoms with Crippen molar-refractivity contribution in [3.05, 3.63) is 29.5 Å². The molecule has 1 amide bonds. The molecule has 2 heterocycles. The molecule has 5 N–H and O–H groups in total. The third-order valence-corrected chi connectivity index (χ3v) is 4.44. The number of H-pyrrole nitrogens is 1. The number of ether oxygens (including phenoxy) is 1. The maximum atomic E-state index is 12.3. The Morgan fingerprint density at radius 1 is 1.26 bits per heavy atom. The molecule has 9 nitrogen and oxygen atoms in total. The Balaban J connectivity index is 1.97. The highest BCUT2D eigenvalue weighted by atomic mass is 16.5. The number of nitrogens with zero attached hydrogens (tertiary/aromatic N) is 2. The van der Waals surface area contributed by atoms with Gasteiger partial charge in [-0.15, -0.1) is 0 Å². The Morgan fingerprint density at radius 3 is 2.67 bits per heavy atom. The zero-order valence-corrected chi connectivity index (χ0v) is 14.8. The fourth-order valence-corrected chi connectivity index (χ4v) is 2.91. The van der Waals surface area contributed by atoms with Crippen LogP contribution in [0.4, 0.5) is 0 Å². The first kappa shape index (κ1) is 19.3. The predicted molar refractivity (Wildman–Crippen MR) is 94.8 cm³/mol. The van der Waals surface area contributed by atoms with Crippen molar-refractivity contribution < 1.29 is 30.0 Å². The minimum Gasteiger partial charge on any atom is -0.394 e. The second-order valence-corrected chi connectivity index (χ2v) is 6.58. The molecule has 9 heteroatoms. The summed E-state index contributed by atoms with van der Waals surface area (Å²) >= 11 is 0. The third-order valence-electron chi connectivity index (χ3n) is 4.44. The fourth-order valence-electron chi connectivity index (χ4n) is 2.91. The van der Waals surface area contributed by atoms with E-state index in [2.05, 4.69) is 22.0 Å². The molecular weight excluding hydrogens is 354 g/mol. The Hall–Kier alpha value is -2.48.